The van der Waals surface area contributed by atoms with Crippen LogP contribution in [0.3, 0.4) is 0 Å². The number of carbonyl (C=O) groups excluding carboxylic acids is 1. The van der Waals surface area contributed by atoms with E-state index in [2.05, 4.69) is 5.32 Å². The number of fused-ring (bicyclic) bond motifs is 1. The van der Waals surface area contributed by atoms with Gasteiger partial charge in [0.25, 0.3) is 5.91 Å². The van der Waals surface area contributed by atoms with E-state index in [1.54, 1.807) is 0 Å². The van der Waals surface area contributed by atoms with Crippen LogP contribution in [-0.4, -0.2) is 30.9 Å². The van der Waals surface area contributed by atoms with Gasteiger partial charge in [-0.1, -0.05) is 18.2 Å². The molecule has 5 heteroatoms. The number of hydrogen-bond donors (Lipinski definition) is 1. The first-order valence-corrected chi connectivity index (χ1v) is 7.44. The maximum Gasteiger partial charge on any atom is 0.261 e. The Bertz CT molecular complexity index is 602. The zero-order chi connectivity index (χ0) is 14.2. The summed E-state index contributed by atoms with van der Waals surface area (Å²) in [7, 11) is 0. The van der Waals surface area contributed by atoms with Gasteiger partial charge in [-0.25, -0.2) is 0 Å². The summed E-state index contributed by atoms with van der Waals surface area (Å²) in [5, 5.41) is 4.01. The van der Waals surface area contributed by atoms with Crippen LogP contribution in [0, 0.1) is 0 Å². The summed E-state index contributed by atoms with van der Waals surface area (Å²) in [4.78, 5) is 12.9. The molecular weight excluding hydrogens is 274 g/mol. The summed E-state index contributed by atoms with van der Waals surface area (Å²) in [5.41, 5.74) is 0. The molecule has 106 valence electrons. The molecule has 4 nitrogen and oxygen atoms in total. The molecule has 3 rings (SSSR count). The number of benzene rings is 1. The first-order chi connectivity index (χ1) is 9.53. The van der Waals surface area contributed by atoms with Gasteiger partial charge in [0.1, 0.15) is 6.10 Å². The topological polar surface area (TPSA) is 47.6 Å². The molecule has 1 fully saturated rings. The number of thiophene rings is 1. The van der Waals surface area contributed by atoms with E-state index >= 15 is 0 Å². The van der Waals surface area contributed by atoms with E-state index in [9.17, 15) is 4.79 Å². The van der Waals surface area contributed by atoms with E-state index < -0.39 is 5.79 Å². The zero-order valence-electron chi connectivity index (χ0n) is 11.5. The van der Waals surface area contributed by atoms with Gasteiger partial charge >= 0.3 is 0 Å². The third-order valence-electron chi connectivity index (χ3n) is 3.21. The number of hydrogen-bond acceptors (Lipinski definition) is 4. The molecule has 1 aliphatic heterocycles. The Morgan fingerprint density at radius 3 is 2.95 bits per heavy atom. The molecule has 1 amide bonds. The Hall–Kier alpha value is -1.43. The van der Waals surface area contributed by atoms with Gasteiger partial charge < -0.3 is 14.8 Å². The van der Waals surface area contributed by atoms with Crippen molar-refractivity contribution in [1.82, 2.24) is 5.32 Å². The lowest BCUT2D eigenvalue weighted by Gasteiger charge is -2.17. The van der Waals surface area contributed by atoms with Gasteiger partial charge in [-0.2, -0.15) is 0 Å². The Labute approximate surface area is 121 Å². The SMILES string of the molecule is CC1(C)OCC(CNC(=O)c2cc3ccccc3s2)O1. The van der Waals surface area contributed by atoms with Crippen LogP contribution in [0.1, 0.15) is 23.5 Å². The number of rotatable bonds is 3. The van der Waals surface area contributed by atoms with Crippen LogP contribution in [0.25, 0.3) is 10.1 Å². The lowest BCUT2D eigenvalue weighted by molar-refractivity contribution is -0.137. The lowest BCUT2D eigenvalue weighted by Crippen LogP contribution is -2.34. The highest BCUT2D eigenvalue weighted by Crippen LogP contribution is 2.25. The third kappa shape index (κ3) is 2.85. The molecule has 0 radical (unpaired) electrons. The summed E-state index contributed by atoms with van der Waals surface area (Å²) in [6, 6.07) is 9.91. The van der Waals surface area contributed by atoms with Gasteiger partial charge in [-0.3, -0.25) is 4.79 Å². The van der Waals surface area contributed by atoms with Crippen molar-refractivity contribution >= 4 is 27.3 Å². The van der Waals surface area contributed by atoms with Crippen molar-refractivity contribution in [2.75, 3.05) is 13.2 Å². The number of ether oxygens (including phenoxy) is 2. The monoisotopic (exact) mass is 291 g/mol. The summed E-state index contributed by atoms with van der Waals surface area (Å²) in [6.07, 6.45) is -0.0803. The van der Waals surface area contributed by atoms with Crippen molar-refractivity contribution in [3.05, 3.63) is 35.2 Å². The standard InChI is InChI=1S/C15H17NO3S/c1-15(2)18-9-11(19-15)8-16-14(17)13-7-10-5-3-4-6-12(10)20-13/h3-7,11H,8-9H2,1-2H3,(H,16,17). The van der Waals surface area contributed by atoms with E-state index in [-0.39, 0.29) is 12.0 Å². The van der Waals surface area contributed by atoms with Crippen LogP contribution in [0.4, 0.5) is 0 Å². The van der Waals surface area contributed by atoms with Crippen LogP contribution in [-0.2, 0) is 9.47 Å². The third-order valence-corrected chi connectivity index (χ3v) is 4.32. The average molecular weight is 291 g/mol. The minimum Gasteiger partial charge on any atom is -0.349 e. The molecule has 2 heterocycles. The minimum atomic E-state index is -0.549. The van der Waals surface area contributed by atoms with Crippen molar-refractivity contribution < 1.29 is 14.3 Å². The van der Waals surface area contributed by atoms with Gasteiger partial charge in [-0.15, -0.1) is 11.3 Å². The fourth-order valence-electron chi connectivity index (χ4n) is 2.25. The molecule has 1 aromatic carbocycles. The quantitative estimate of drug-likeness (QED) is 0.946. The molecule has 20 heavy (non-hydrogen) atoms. The molecule has 0 saturated carbocycles. The average Bonchev–Trinajstić information content (AvgIpc) is 2.99. The van der Waals surface area contributed by atoms with Crippen LogP contribution >= 0.6 is 11.3 Å². The fraction of sp³-hybridized carbons (Fsp3) is 0.400. The van der Waals surface area contributed by atoms with Crippen molar-refractivity contribution in [3.8, 4) is 0 Å². The molecule has 2 aromatic rings. The second-order valence-electron chi connectivity index (χ2n) is 5.31. The smallest absolute Gasteiger partial charge is 0.261 e. The predicted octanol–water partition coefficient (Wildman–Crippen LogP) is 2.78. The van der Waals surface area contributed by atoms with Gasteiger partial charge in [0.2, 0.25) is 0 Å². The van der Waals surface area contributed by atoms with Crippen LogP contribution in [0.2, 0.25) is 0 Å². The molecule has 0 bridgehead atoms. The molecular formula is C15H17NO3S. The Morgan fingerprint density at radius 1 is 1.45 bits per heavy atom. The van der Waals surface area contributed by atoms with Crippen molar-refractivity contribution in [2.24, 2.45) is 0 Å². The largest absolute Gasteiger partial charge is 0.349 e. The van der Waals surface area contributed by atoms with Crippen LogP contribution in [0.5, 0.6) is 0 Å². The number of carbonyl (C=O) groups is 1. The molecule has 0 spiro atoms. The second-order valence-corrected chi connectivity index (χ2v) is 6.39. The van der Waals surface area contributed by atoms with Gasteiger partial charge in [0, 0.05) is 11.2 Å². The Balaban J connectivity index is 1.62. The molecule has 1 unspecified atom stereocenters. The Morgan fingerprint density at radius 2 is 2.25 bits per heavy atom. The number of nitrogens with one attached hydrogen (secondary N) is 1. The fourth-order valence-corrected chi connectivity index (χ4v) is 3.23. The predicted molar refractivity (Wildman–Crippen MR) is 79.1 cm³/mol. The summed E-state index contributed by atoms with van der Waals surface area (Å²) in [6.45, 7) is 4.73. The first kappa shape index (κ1) is 13.5. The number of amides is 1. The van der Waals surface area contributed by atoms with Gasteiger partial charge in [0.05, 0.1) is 11.5 Å². The normalized spacial score (nSPS) is 21.2. The maximum absolute atomic E-state index is 12.1. The summed E-state index contributed by atoms with van der Waals surface area (Å²) >= 11 is 1.50. The van der Waals surface area contributed by atoms with E-state index in [1.165, 1.54) is 11.3 Å². The maximum atomic E-state index is 12.1. The first-order valence-electron chi connectivity index (χ1n) is 6.62. The highest BCUT2D eigenvalue weighted by molar-refractivity contribution is 7.20. The molecule has 1 aliphatic rings. The molecule has 1 saturated heterocycles. The minimum absolute atomic E-state index is 0.0560. The highest BCUT2D eigenvalue weighted by atomic mass is 32.1. The van der Waals surface area contributed by atoms with Crippen molar-refractivity contribution in [1.29, 1.82) is 0 Å². The molecule has 0 aliphatic carbocycles. The lowest BCUT2D eigenvalue weighted by atomic mass is 10.2. The highest BCUT2D eigenvalue weighted by Gasteiger charge is 2.32. The van der Waals surface area contributed by atoms with E-state index in [0.717, 1.165) is 15.0 Å². The van der Waals surface area contributed by atoms with Crippen molar-refractivity contribution in [3.63, 3.8) is 0 Å². The Kier molecular flexibility index (Phi) is 3.50. The van der Waals surface area contributed by atoms with Crippen LogP contribution < -0.4 is 5.32 Å². The summed E-state index contributed by atoms with van der Waals surface area (Å²) < 4.78 is 12.3. The van der Waals surface area contributed by atoms with E-state index in [1.807, 2.05) is 44.2 Å². The molecule has 1 atom stereocenters. The van der Waals surface area contributed by atoms with E-state index in [0.29, 0.717) is 13.2 Å². The second kappa shape index (κ2) is 5.16. The van der Waals surface area contributed by atoms with E-state index in [4.69, 9.17) is 9.47 Å². The molecule has 1 N–H and O–H groups in total. The summed E-state index contributed by atoms with van der Waals surface area (Å²) in [5.74, 6) is -0.605. The molecule has 1 aromatic heterocycles. The van der Waals surface area contributed by atoms with Gasteiger partial charge in [0.15, 0.2) is 5.79 Å². The van der Waals surface area contributed by atoms with Crippen LogP contribution in [0.15, 0.2) is 30.3 Å². The van der Waals surface area contributed by atoms with Gasteiger partial charge in [-0.05, 0) is 31.4 Å². The zero-order valence-corrected chi connectivity index (χ0v) is 12.3. The van der Waals surface area contributed by atoms with Crippen molar-refractivity contribution in [2.45, 2.75) is 25.7 Å².